The molecular weight excluding hydrogens is 331 g/mol. The molecule has 1 heterocycles. The Morgan fingerprint density at radius 3 is 2.71 bits per heavy atom. The number of aromatic nitrogens is 1. The summed E-state index contributed by atoms with van der Waals surface area (Å²) in [5, 5.41) is 3.50. The van der Waals surface area contributed by atoms with Crippen LogP contribution in [0.5, 0.6) is 0 Å². The summed E-state index contributed by atoms with van der Waals surface area (Å²) in [6.07, 6.45) is 5.46. The molecule has 112 valence electrons. The molecule has 1 aromatic carbocycles. The molecule has 0 saturated heterocycles. The molecule has 1 unspecified atom stereocenters. The largest absolute Gasteiger partial charge is 0.310 e. The molecule has 0 bridgehead atoms. The van der Waals surface area contributed by atoms with Crippen LogP contribution in [0, 0.1) is 12.7 Å². The Kier molecular flexibility index (Phi) is 5.88. The van der Waals surface area contributed by atoms with E-state index in [1.807, 2.05) is 19.2 Å². The highest BCUT2D eigenvalue weighted by Crippen LogP contribution is 2.22. The maximum atomic E-state index is 13.7. The monoisotopic (exact) mass is 350 g/mol. The highest BCUT2D eigenvalue weighted by molar-refractivity contribution is 9.10. The number of rotatable bonds is 6. The third kappa shape index (κ3) is 4.90. The van der Waals surface area contributed by atoms with Crippen molar-refractivity contribution >= 4 is 15.9 Å². The summed E-state index contributed by atoms with van der Waals surface area (Å²) in [4.78, 5) is 4.20. The molecule has 4 heteroatoms. The Morgan fingerprint density at radius 2 is 2.05 bits per heavy atom. The van der Waals surface area contributed by atoms with Gasteiger partial charge in [-0.3, -0.25) is 4.98 Å². The Labute approximate surface area is 133 Å². The minimum atomic E-state index is -0.180. The van der Waals surface area contributed by atoms with E-state index in [-0.39, 0.29) is 11.9 Å². The van der Waals surface area contributed by atoms with E-state index < -0.39 is 0 Å². The summed E-state index contributed by atoms with van der Waals surface area (Å²) in [7, 11) is 0. The fourth-order valence-corrected chi connectivity index (χ4v) is 2.81. The van der Waals surface area contributed by atoms with Gasteiger partial charge in [-0.25, -0.2) is 4.39 Å². The summed E-state index contributed by atoms with van der Waals surface area (Å²) in [5.74, 6) is -0.180. The first kappa shape index (κ1) is 16.1. The maximum Gasteiger partial charge on any atom is 0.123 e. The molecule has 0 amide bonds. The summed E-state index contributed by atoms with van der Waals surface area (Å²) in [6.45, 7) is 4.95. The second-order valence-corrected chi connectivity index (χ2v) is 6.20. The Bertz CT molecular complexity index is 581. The molecule has 0 radical (unpaired) electrons. The van der Waals surface area contributed by atoms with Crippen LogP contribution in [0.3, 0.4) is 0 Å². The van der Waals surface area contributed by atoms with Gasteiger partial charge in [0.2, 0.25) is 0 Å². The smallest absolute Gasteiger partial charge is 0.123 e. The van der Waals surface area contributed by atoms with Gasteiger partial charge in [0.05, 0.1) is 0 Å². The Hall–Kier alpha value is -1.26. The van der Waals surface area contributed by atoms with Crippen molar-refractivity contribution in [2.45, 2.75) is 32.7 Å². The zero-order valence-electron chi connectivity index (χ0n) is 12.4. The topological polar surface area (TPSA) is 24.9 Å². The molecular formula is C17H20BrFN2. The Balaban J connectivity index is 2.25. The molecule has 21 heavy (non-hydrogen) atoms. The molecule has 2 rings (SSSR count). The lowest BCUT2D eigenvalue weighted by Gasteiger charge is -2.20. The van der Waals surface area contributed by atoms with Gasteiger partial charge in [0.1, 0.15) is 5.82 Å². The number of nitrogens with zero attached hydrogens (tertiary/aromatic N) is 1. The number of aryl methyl sites for hydroxylation is 1. The van der Waals surface area contributed by atoms with Crippen LogP contribution in [0.15, 0.2) is 41.1 Å². The summed E-state index contributed by atoms with van der Waals surface area (Å²) >= 11 is 3.44. The quantitative estimate of drug-likeness (QED) is 0.824. The molecule has 0 fully saturated rings. The normalized spacial score (nSPS) is 12.4. The van der Waals surface area contributed by atoms with Crippen LogP contribution in [0.4, 0.5) is 4.39 Å². The van der Waals surface area contributed by atoms with Crippen molar-refractivity contribution in [1.82, 2.24) is 10.3 Å². The van der Waals surface area contributed by atoms with Gasteiger partial charge in [0, 0.05) is 22.9 Å². The lowest BCUT2D eigenvalue weighted by Crippen LogP contribution is -2.24. The van der Waals surface area contributed by atoms with Crippen molar-refractivity contribution in [2.75, 3.05) is 6.54 Å². The van der Waals surface area contributed by atoms with Gasteiger partial charge >= 0.3 is 0 Å². The van der Waals surface area contributed by atoms with Crippen LogP contribution >= 0.6 is 15.9 Å². The molecule has 1 aromatic heterocycles. The van der Waals surface area contributed by atoms with Crippen molar-refractivity contribution in [3.05, 3.63) is 63.6 Å². The molecule has 1 N–H and O–H groups in total. The summed E-state index contributed by atoms with van der Waals surface area (Å²) in [5.41, 5.74) is 3.06. The fraction of sp³-hybridized carbons (Fsp3) is 0.353. The molecule has 0 aliphatic heterocycles. The van der Waals surface area contributed by atoms with Gasteiger partial charge < -0.3 is 5.32 Å². The molecule has 0 aliphatic rings. The second-order valence-electron chi connectivity index (χ2n) is 5.28. The number of nitrogens with one attached hydrogen (secondary N) is 1. The zero-order valence-corrected chi connectivity index (χ0v) is 14.0. The van der Waals surface area contributed by atoms with Gasteiger partial charge in [-0.15, -0.1) is 0 Å². The van der Waals surface area contributed by atoms with Crippen molar-refractivity contribution in [1.29, 1.82) is 0 Å². The van der Waals surface area contributed by atoms with Crippen LogP contribution < -0.4 is 5.32 Å². The van der Waals surface area contributed by atoms with Crippen molar-refractivity contribution in [2.24, 2.45) is 0 Å². The third-order valence-electron chi connectivity index (χ3n) is 3.31. The van der Waals surface area contributed by atoms with E-state index in [1.165, 1.54) is 0 Å². The van der Waals surface area contributed by atoms with Gasteiger partial charge in [0.15, 0.2) is 0 Å². The minimum Gasteiger partial charge on any atom is -0.310 e. The first-order valence-electron chi connectivity index (χ1n) is 7.18. The molecule has 0 spiro atoms. The Morgan fingerprint density at radius 1 is 1.24 bits per heavy atom. The third-order valence-corrected chi connectivity index (χ3v) is 3.74. The highest BCUT2D eigenvalue weighted by atomic mass is 79.9. The van der Waals surface area contributed by atoms with E-state index in [1.54, 1.807) is 18.3 Å². The average molecular weight is 351 g/mol. The van der Waals surface area contributed by atoms with Crippen molar-refractivity contribution < 1.29 is 4.39 Å². The van der Waals surface area contributed by atoms with E-state index in [0.717, 1.165) is 40.5 Å². The van der Waals surface area contributed by atoms with Gasteiger partial charge in [0.25, 0.3) is 0 Å². The molecule has 1 atom stereocenters. The molecule has 0 saturated carbocycles. The fourth-order valence-electron chi connectivity index (χ4n) is 2.40. The number of pyridine rings is 1. The predicted molar refractivity (Wildman–Crippen MR) is 87.8 cm³/mol. The SMILES string of the molecule is CCCNC(Cc1cncc(Br)c1)c1cc(C)cc(F)c1. The van der Waals surface area contributed by atoms with Gasteiger partial charge in [-0.1, -0.05) is 13.0 Å². The van der Waals surface area contributed by atoms with Crippen molar-refractivity contribution in [3.8, 4) is 0 Å². The van der Waals surface area contributed by atoms with E-state index in [4.69, 9.17) is 0 Å². The molecule has 0 aliphatic carbocycles. The predicted octanol–water partition coefficient (Wildman–Crippen LogP) is 4.58. The van der Waals surface area contributed by atoms with Crippen LogP contribution in [-0.4, -0.2) is 11.5 Å². The van der Waals surface area contributed by atoms with Gasteiger partial charge in [-0.05, 0) is 77.1 Å². The number of hydrogen-bond donors (Lipinski definition) is 1. The standard InChI is InChI=1S/C17H20BrFN2/c1-3-4-21-17(8-13-7-15(18)11-20-10-13)14-5-12(2)6-16(19)9-14/h5-7,9-11,17,21H,3-4,8H2,1-2H3. The summed E-state index contributed by atoms with van der Waals surface area (Å²) in [6, 6.07) is 7.37. The van der Waals surface area contributed by atoms with Gasteiger partial charge in [-0.2, -0.15) is 0 Å². The maximum absolute atomic E-state index is 13.7. The highest BCUT2D eigenvalue weighted by Gasteiger charge is 2.13. The lowest BCUT2D eigenvalue weighted by atomic mass is 9.98. The first-order chi connectivity index (χ1) is 10.1. The average Bonchev–Trinajstić information content (AvgIpc) is 2.42. The lowest BCUT2D eigenvalue weighted by molar-refractivity contribution is 0.523. The van der Waals surface area contributed by atoms with Crippen molar-refractivity contribution in [3.63, 3.8) is 0 Å². The van der Waals surface area contributed by atoms with Crippen LogP contribution in [0.2, 0.25) is 0 Å². The molecule has 2 aromatic rings. The minimum absolute atomic E-state index is 0.0930. The van der Waals surface area contributed by atoms with E-state index in [2.05, 4.69) is 39.2 Å². The van der Waals surface area contributed by atoms with Crippen LogP contribution in [-0.2, 0) is 6.42 Å². The number of benzene rings is 1. The second kappa shape index (κ2) is 7.66. The zero-order chi connectivity index (χ0) is 15.2. The number of hydrogen-bond acceptors (Lipinski definition) is 2. The summed E-state index contributed by atoms with van der Waals surface area (Å²) < 4.78 is 14.6. The van der Waals surface area contributed by atoms with E-state index >= 15 is 0 Å². The van der Waals surface area contributed by atoms with E-state index in [9.17, 15) is 4.39 Å². The molecule has 2 nitrogen and oxygen atoms in total. The number of halogens is 2. The van der Waals surface area contributed by atoms with E-state index in [0.29, 0.717) is 0 Å². The van der Waals surface area contributed by atoms with Crippen LogP contribution in [0.25, 0.3) is 0 Å². The first-order valence-corrected chi connectivity index (χ1v) is 7.97. The van der Waals surface area contributed by atoms with Crippen LogP contribution in [0.1, 0.15) is 36.1 Å².